The lowest BCUT2D eigenvalue weighted by atomic mass is 9.95. The van der Waals surface area contributed by atoms with Gasteiger partial charge in [0.25, 0.3) is 0 Å². The minimum atomic E-state index is -0.406. The molecule has 0 saturated carbocycles. The van der Waals surface area contributed by atoms with Crippen molar-refractivity contribution in [3.05, 3.63) is 0 Å². The van der Waals surface area contributed by atoms with Gasteiger partial charge in [-0.05, 0) is 6.42 Å². The number of carbonyl (C=O) groups excluding carboxylic acids is 1. The molecule has 0 heterocycles. The summed E-state index contributed by atoms with van der Waals surface area (Å²) in [7, 11) is 0. The van der Waals surface area contributed by atoms with Crippen LogP contribution in [0.2, 0.25) is 0 Å². The molecule has 0 aromatic rings. The highest BCUT2D eigenvalue weighted by Crippen LogP contribution is 2.12. The largest absolute Gasteiger partial charge is 0.391 e. The van der Waals surface area contributed by atoms with Crippen LogP contribution in [0.3, 0.4) is 0 Å². The van der Waals surface area contributed by atoms with Crippen molar-refractivity contribution in [2.24, 2.45) is 5.41 Å². The zero-order valence-corrected chi connectivity index (χ0v) is 9.05. The Hall–Kier alpha value is -0.570. The molecule has 3 nitrogen and oxygen atoms in total. The number of aliphatic hydroxyl groups excluding tert-OH is 1. The molecule has 0 aromatic heterocycles. The van der Waals surface area contributed by atoms with E-state index in [9.17, 15) is 9.90 Å². The van der Waals surface area contributed by atoms with Crippen LogP contribution < -0.4 is 5.32 Å². The van der Waals surface area contributed by atoms with Crippen molar-refractivity contribution in [3.8, 4) is 0 Å². The highest BCUT2D eigenvalue weighted by Gasteiger charge is 2.21. The monoisotopic (exact) mass is 187 g/mol. The normalized spacial score (nSPS) is 13.9. The van der Waals surface area contributed by atoms with Crippen LogP contribution in [-0.2, 0) is 4.79 Å². The van der Waals surface area contributed by atoms with Gasteiger partial charge < -0.3 is 10.4 Å². The summed E-state index contributed by atoms with van der Waals surface area (Å²) in [4.78, 5) is 11.4. The summed E-state index contributed by atoms with van der Waals surface area (Å²) in [6, 6.07) is 0. The molecule has 0 aliphatic carbocycles. The van der Waals surface area contributed by atoms with Crippen molar-refractivity contribution in [1.29, 1.82) is 0 Å². The second kappa shape index (κ2) is 5.22. The summed E-state index contributed by atoms with van der Waals surface area (Å²) in [5.74, 6) is -0.0114. The lowest BCUT2D eigenvalue weighted by Gasteiger charge is -2.19. The molecule has 0 rings (SSSR count). The van der Waals surface area contributed by atoms with Crippen molar-refractivity contribution >= 4 is 5.91 Å². The molecule has 0 bridgehead atoms. The van der Waals surface area contributed by atoms with Gasteiger partial charge in [-0.1, -0.05) is 34.1 Å². The molecule has 2 N–H and O–H groups in total. The third-order valence-corrected chi connectivity index (χ3v) is 1.80. The van der Waals surface area contributed by atoms with E-state index in [0.717, 1.165) is 12.8 Å². The van der Waals surface area contributed by atoms with Crippen LogP contribution in [0.1, 0.15) is 40.5 Å². The first kappa shape index (κ1) is 12.4. The Labute approximate surface area is 80.5 Å². The van der Waals surface area contributed by atoms with Gasteiger partial charge in [-0.15, -0.1) is 0 Å². The highest BCUT2D eigenvalue weighted by atomic mass is 16.3. The van der Waals surface area contributed by atoms with E-state index in [0.29, 0.717) is 6.54 Å². The van der Waals surface area contributed by atoms with E-state index in [1.54, 1.807) is 0 Å². The van der Waals surface area contributed by atoms with Crippen molar-refractivity contribution in [1.82, 2.24) is 5.32 Å². The molecule has 0 aliphatic heterocycles. The number of rotatable bonds is 4. The number of carbonyl (C=O) groups is 1. The maximum absolute atomic E-state index is 11.4. The van der Waals surface area contributed by atoms with Gasteiger partial charge in [-0.2, -0.15) is 0 Å². The van der Waals surface area contributed by atoms with E-state index in [2.05, 4.69) is 5.32 Å². The van der Waals surface area contributed by atoms with Crippen molar-refractivity contribution in [2.45, 2.75) is 46.6 Å². The van der Waals surface area contributed by atoms with Crippen molar-refractivity contribution in [2.75, 3.05) is 6.54 Å². The molecule has 13 heavy (non-hydrogen) atoms. The summed E-state index contributed by atoms with van der Waals surface area (Å²) in [5, 5.41) is 12.1. The number of nitrogens with one attached hydrogen (secondary N) is 1. The van der Waals surface area contributed by atoms with E-state index in [1.807, 2.05) is 27.7 Å². The molecule has 1 unspecified atom stereocenters. The number of hydrogen-bond acceptors (Lipinski definition) is 2. The molecule has 0 saturated heterocycles. The van der Waals surface area contributed by atoms with Gasteiger partial charge in [0, 0.05) is 12.0 Å². The zero-order chi connectivity index (χ0) is 10.5. The molecule has 1 amide bonds. The third kappa shape index (κ3) is 5.64. The van der Waals surface area contributed by atoms with Crippen molar-refractivity contribution in [3.63, 3.8) is 0 Å². The first-order valence-electron chi connectivity index (χ1n) is 4.84. The van der Waals surface area contributed by atoms with Gasteiger partial charge in [-0.25, -0.2) is 0 Å². The fraction of sp³-hybridized carbons (Fsp3) is 0.900. The molecule has 0 aromatic carbocycles. The molecule has 0 fully saturated rings. The van der Waals surface area contributed by atoms with Crippen LogP contribution in [-0.4, -0.2) is 23.7 Å². The second-order valence-corrected chi connectivity index (χ2v) is 4.40. The second-order valence-electron chi connectivity index (χ2n) is 4.40. The van der Waals surface area contributed by atoms with Crippen LogP contribution in [0.5, 0.6) is 0 Å². The van der Waals surface area contributed by atoms with Crippen molar-refractivity contribution < 1.29 is 9.90 Å². The maximum Gasteiger partial charge on any atom is 0.225 e. The Morgan fingerprint density at radius 2 is 2.00 bits per heavy atom. The molecule has 3 heteroatoms. The molecule has 78 valence electrons. The van der Waals surface area contributed by atoms with Gasteiger partial charge in [0.2, 0.25) is 5.91 Å². The smallest absolute Gasteiger partial charge is 0.225 e. The SMILES string of the molecule is CCCC(O)CNC(=O)C(C)(C)C. The predicted molar refractivity (Wildman–Crippen MR) is 53.4 cm³/mol. The summed E-state index contributed by atoms with van der Waals surface area (Å²) in [6.45, 7) is 7.94. The predicted octanol–water partition coefficient (Wildman–Crippen LogP) is 1.31. The number of hydrogen-bond donors (Lipinski definition) is 2. The molecule has 0 radical (unpaired) electrons. The minimum absolute atomic E-state index is 0.0114. The van der Waals surface area contributed by atoms with E-state index >= 15 is 0 Å². The maximum atomic E-state index is 11.4. The fourth-order valence-corrected chi connectivity index (χ4v) is 0.911. The summed E-state index contributed by atoms with van der Waals surface area (Å²) in [5.41, 5.74) is -0.369. The van der Waals surface area contributed by atoms with Crippen LogP contribution in [0.25, 0.3) is 0 Å². The number of amides is 1. The summed E-state index contributed by atoms with van der Waals surface area (Å²) in [6.07, 6.45) is 1.27. The van der Waals surface area contributed by atoms with E-state index < -0.39 is 6.10 Å². The van der Waals surface area contributed by atoms with E-state index in [1.165, 1.54) is 0 Å². The van der Waals surface area contributed by atoms with Gasteiger partial charge in [0.15, 0.2) is 0 Å². The summed E-state index contributed by atoms with van der Waals surface area (Å²) < 4.78 is 0. The number of aliphatic hydroxyl groups is 1. The molecule has 1 atom stereocenters. The first-order valence-corrected chi connectivity index (χ1v) is 4.84. The van der Waals surface area contributed by atoms with Crippen LogP contribution in [0, 0.1) is 5.41 Å². The topological polar surface area (TPSA) is 49.3 Å². The Morgan fingerprint density at radius 3 is 2.38 bits per heavy atom. The van der Waals surface area contributed by atoms with E-state index in [-0.39, 0.29) is 11.3 Å². The Morgan fingerprint density at radius 1 is 1.46 bits per heavy atom. The van der Waals surface area contributed by atoms with Crippen LogP contribution in [0.15, 0.2) is 0 Å². The average Bonchev–Trinajstić information content (AvgIpc) is 1.99. The van der Waals surface area contributed by atoms with Gasteiger partial charge in [0.1, 0.15) is 0 Å². The zero-order valence-electron chi connectivity index (χ0n) is 9.05. The van der Waals surface area contributed by atoms with Gasteiger partial charge in [0.05, 0.1) is 6.10 Å². The minimum Gasteiger partial charge on any atom is -0.391 e. The Balaban J connectivity index is 3.71. The third-order valence-electron chi connectivity index (χ3n) is 1.80. The Kier molecular flexibility index (Phi) is 4.99. The molecule has 0 spiro atoms. The molecular weight excluding hydrogens is 166 g/mol. The average molecular weight is 187 g/mol. The lowest BCUT2D eigenvalue weighted by Crippen LogP contribution is -2.39. The first-order chi connectivity index (χ1) is 5.88. The van der Waals surface area contributed by atoms with Crippen LogP contribution in [0.4, 0.5) is 0 Å². The molecule has 0 aliphatic rings. The summed E-state index contributed by atoms with van der Waals surface area (Å²) >= 11 is 0. The standard InChI is InChI=1S/C10H21NO2/c1-5-6-8(12)7-11-9(13)10(2,3)4/h8,12H,5-7H2,1-4H3,(H,11,13). The van der Waals surface area contributed by atoms with Gasteiger partial charge >= 0.3 is 0 Å². The lowest BCUT2D eigenvalue weighted by molar-refractivity contribution is -0.129. The van der Waals surface area contributed by atoms with Gasteiger partial charge in [-0.3, -0.25) is 4.79 Å². The quantitative estimate of drug-likeness (QED) is 0.697. The fourth-order valence-electron chi connectivity index (χ4n) is 0.911. The van der Waals surface area contributed by atoms with E-state index in [4.69, 9.17) is 0 Å². The Bertz CT molecular complexity index is 161. The highest BCUT2D eigenvalue weighted by molar-refractivity contribution is 5.81. The van der Waals surface area contributed by atoms with Crippen LogP contribution >= 0.6 is 0 Å². The molecular formula is C10H21NO2.